The molecular formula is C38H34O6. The van der Waals surface area contributed by atoms with Crippen LogP contribution >= 0.6 is 0 Å². The number of hydrogen-bond donors (Lipinski definition) is 0. The van der Waals surface area contributed by atoms with Gasteiger partial charge in [0.1, 0.15) is 24.4 Å². The van der Waals surface area contributed by atoms with Crippen molar-refractivity contribution in [2.75, 3.05) is 0 Å². The molecule has 4 aliphatic heterocycles. The lowest BCUT2D eigenvalue weighted by molar-refractivity contribution is -0.155. The number of carbonyl (C=O) groups excluding carboxylic acids is 2. The van der Waals surface area contributed by atoms with Crippen LogP contribution in [0.5, 0.6) is 0 Å². The second kappa shape index (κ2) is 11.9. The van der Waals surface area contributed by atoms with Gasteiger partial charge in [-0.3, -0.25) is 4.79 Å². The first-order valence-electron chi connectivity index (χ1n) is 15.2. The van der Waals surface area contributed by atoms with Crippen LogP contribution in [0.4, 0.5) is 0 Å². The molecule has 1 saturated heterocycles. The monoisotopic (exact) mass is 586 g/mol. The smallest absolute Gasteiger partial charge is 0.337 e. The minimum atomic E-state index is -0.293. The normalized spacial score (nSPS) is 24.7. The van der Waals surface area contributed by atoms with Gasteiger partial charge in [0.25, 0.3) is 0 Å². The first-order chi connectivity index (χ1) is 21.5. The third kappa shape index (κ3) is 5.25. The van der Waals surface area contributed by atoms with Crippen LogP contribution in [0.3, 0.4) is 0 Å². The molecule has 6 heteroatoms. The zero-order valence-corrected chi connectivity index (χ0v) is 24.7. The Hall–Kier alpha value is -4.52. The van der Waals surface area contributed by atoms with Crippen LogP contribution < -0.4 is 0 Å². The van der Waals surface area contributed by atoms with Crippen LogP contribution in [0.2, 0.25) is 0 Å². The van der Waals surface area contributed by atoms with E-state index in [2.05, 4.69) is 12.1 Å². The molecule has 0 N–H and O–H groups in total. The van der Waals surface area contributed by atoms with E-state index in [4.69, 9.17) is 18.9 Å². The maximum atomic E-state index is 12.5. The molecule has 0 spiro atoms. The van der Waals surface area contributed by atoms with Crippen LogP contribution in [0.25, 0.3) is 0 Å². The molecule has 4 aromatic rings. The van der Waals surface area contributed by atoms with E-state index in [1.807, 2.05) is 117 Å². The molecule has 7 atom stereocenters. The topological polar surface area (TPSA) is 71.1 Å². The molecule has 4 heterocycles. The van der Waals surface area contributed by atoms with Gasteiger partial charge in [0.15, 0.2) is 0 Å². The van der Waals surface area contributed by atoms with Crippen LogP contribution in [0.1, 0.15) is 90.3 Å². The first-order valence-corrected chi connectivity index (χ1v) is 15.2. The Bertz CT molecular complexity index is 1700. The van der Waals surface area contributed by atoms with Crippen LogP contribution in [0.15, 0.2) is 121 Å². The highest BCUT2D eigenvalue weighted by Crippen LogP contribution is 2.54. The molecule has 4 bridgehead atoms. The summed E-state index contributed by atoms with van der Waals surface area (Å²) in [4.78, 5) is 25.0. The predicted octanol–water partition coefficient (Wildman–Crippen LogP) is 8.17. The number of fused-ring (bicyclic) bond motifs is 10. The molecule has 6 nitrogen and oxygen atoms in total. The van der Waals surface area contributed by atoms with E-state index >= 15 is 0 Å². The summed E-state index contributed by atoms with van der Waals surface area (Å²) in [6.07, 6.45) is 1.61. The fraction of sp³-hybridized carbons (Fsp3) is 0.263. The molecule has 1 fully saturated rings. The summed E-state index contributed by atoms with van der Waals surface area (Å²) in [7, 11) is 0. The number of carbonyl (C=O) groups is 2. The van der Waals surface area contributed by atoms with Gasteiger partial charge in [-0.2, -0.15) is 0 Å². The van der Waals surface area contributed by atoms with Gasteiger partial charge in [-0.05, 0) is 59.7 Å². The molecule has 8 rings (SSSR count). The number of rotatable bonds is 6. The molecule has 0 aliphatic carbocycles. The second-order valence-corrected chi connectivity index (χ2v) is 11.7. The average molecular weight is 587 g/mol. The lowest BCUT2D eigenvalue weighted by Gasteiger charge is -2.22. The Labute approximate surface area is 257 Å². The van der Waals surface area contributed by atoms with Crippen molar-refractivity contribution in [2.24, 2.45) is 5.92 Å². The molecule has 0 radical (unpaired) electrons. The number of hydrogen-bond acceptors (Lipinski definition) is 6. The molecule has 222 valence electrons. The van der Waals surface area contributed by atoms with Crippen molar-refractivity contribution in [2.45, 2.75) is 56.9 Å². The highest BCUT2D eigenvalue weighted by Gasteiger charge is 2.49. The van der Waals surface area contributed by atoms with Crippen LogP contribution in [0, 0.1) is 5.92 Å². The second-order valence-electron chi connectivity index (χ2n) is 11.7. The van der Waals surface area contributed by atoms with Gasteiger partial charge in [-0.15, -0.1) is 0 Å². The summed E-state index contributed by atoms with van der Waals surface area (Å²) >= 11 is 0. The Morgan fingerprint density at radius 3 is 1.86 bits per heavy atom. The molecule has 1 unspecified atom stereocenters. The zero-order valence-electron chi connectivity index (χ0n) is 24.7. The summed E-state index contributed by atoms with van der Waals surface area (Å²) in [5.74, 6) is -0.636. The SMILES string of the molecule is C[C@@H](OC(=O)C1=C[C@@H]2O[C@H]1c1ccccc12)c1ccccc1.C[C@@H](OC(=O)C1C[C@@H]2O[C@H]1c1ccccc12)c1ccccc1. The van der Waals surface area contributed by atoms with Crippen molar-refractivity contribution in [3.05, 3.63) is 154 Å². The Morgan fingerprint density at radius 2 is 1.20 bits per heavy atom. The lowest BCUT2D eigenvalue weighted by atomic mass is 9.84. The lowest BCUT2D eigenvalue weighted by Crippen LogP contribution is -2.24. The van der Waals surface area contributed by atoms with E-state index in [1.54, 1.807) is 0 Å². The van der Waals surface area contributed by atoms with Crippen LogP contribution in [-0.4, -0.2) is 11.9 Å². The average Bonchev–Trinajstić information content (AvgIpc) is 3.87. The Kier molecular flexibility index (Phi) is 7.62. The van der Waals surface area contributed by atoms with Gasteiger partial charge in [-0.1, -0.05) is 109 Å². The molecule has 0 aromatic heterocycles. The van der Waals surface area contributed by atoms with E-state index in [-0.39, 0.29) is 54.5 Å². The Morgan fingerprint density at radius 1 is 0.659 bits per heavy atom. The Balaban J connectivity index is 0.000000142. The fourth-order valence-electron chi connectivity index (χ4n) is 6.63. The quantitative estimate of drug-likeness (QED) is 0.212. The molecular weight excluding hydrogens is 552 g/mol. The van der Waals surface area contributed by atoms with E-state index in [9.17, 15) is 9.59 Å². The highest BCUT2D eigenvalue weighted by atomic mass is 16.6. The number of benzene rings is 4. The summed E-state index contributed by atoms with van der Waals surface area (Å²) in [6, 6.07) is 35.8. The third-order valence-electron chi connectivity index (χ3n) is 8.93. The van der Waals surface area contributed by atoms with E-state index in [0.29, 0.717) is 5.57 Å². The van der Waals surface area contributed by atoms with Gasteiger partial charge in [0.2, 0.25) is 0 Å². The van der Waals surface area contributed by atoms with Crippen molar-refractivity contribution in [1.82, 2.24) is 0 Å². The minimum absolute atomic E-state index is 0.0470. The maximum absolute atomic E-state index is 12.5. The largest absolute Gasteiger partial charge is 0.457 e. The standard InChI is InChI=1S/C19H18O3.C19H16O3/c2*1-12(13-7-3-2-4-8-13)21-19(20)16-11-17-14-9-5-6-10-15(14)18(16)22-17/h2-10,12,16-18H,11H2,1H3;2-12,17-18H,1H3/t12-,16?,17+,18+;12-,17+,18+/m11/s1. The van der Waals surface area contributed by atoms with Crippen molar-refractivity contribution in [3.8, 4) is 0 Å². The molecule has 4 aromatic carbocycles. The van der Waals surface area contributed by atoms with E-state index in [0.717, 1.165) is 34.2 Å². The maximum Gasteiger partial charge on any atom is 0.337 e. The predicted molar refractivity (Wildman–Crippen MR) is 164 cm³/mol. The van der Waals surface area contributed by atoms with E-state index in [1.165, 1.54) is 5.56 Å². The third-order valence-corrected chi connectivity index (χ3v) is 8.93. The van der Waals surface area contributed by atoms with Gasteiger partial charge in [0, 0.05) is 0 Å². The molecule has 4 aliphatic rings. The van der Waals surface area contributed by atoms with Gasteiger partial charge < -0.3 is 18.9 Å². The zero-order chi connectivity index (χ0) is 30.2. The fourth-order valence-corrected chi connectivity index (χ4v) is 6.63. The van der Waals surface area contributed by atoms with Gasteiger partial charge in [0.05, 0.1) is 23.7 Å². The van der Waals surface area contributed by atoms with Crippen molar-refractivity contribution >= 4 is 11.9 Å². The van der Waals surface area contributed by atoms with Gasteiger partial charge in [-0.25, -0.2) is 4.79 Å². The summed E-state index contributed by atoms with van der Waals surface area (Å²) < 4.78 is 23.1. The van der Waals surface area contributed by atoms with Crippen molar-refractivity contribution in [1.29, 1.82) is 0 Å². The van der Waals surface area contributed by atoms with E-state index < -0.39 is 0 Å². The van der Waals surface area contributed by atoms with Gasteiger partial charge >= 0.3 is 11.9 Å². The minimum Gasteiger partial charge on any atom is -0.457 e. The number of ether oxygens (including phenoxy) is 4. The number of esters is 2. The van der Waals surface area contributed by atoms with Crippen molar-refractivity contribution in [3.63, 3.8) is 0 Å². The summed E-state index contributed by atoms with van der Waals surface area (Å²) in [5, 5.41) is 0. The first kappa shape index (κ1) is 28.3. The van der Waals surface area contributed by atoms with Crippen molar-refractivity contribution < 1.29 is 28.5 Å². The molecule has 44 heavy (non-hydrogen) atoms. The van der Waals surface area contributed by atoms with Crippen LogP contribution in [-0.2, 0) is 28.5 Å². The summed E-state index contributed by atoms with van der Waals surface area (Å²) in [5.41, 5.74) is 7.22. The summed E-state index contributed by atoms with van der Waals surface area (Å²) in [6.45, 7) is 3.80. The molecule has 0 amide bonds. The molecule has 0 saturated carbocycles. The highest BCUT2D eigenvalue weighted by molar-refractivity contribution is 5.91.